The molecule has 1 aromatic heterocycles. The van der Waals surface area contributed by atoms with Gasteiger partial charge in [0.15, 0.2) is 0 Å². The molecule has 0 aliphatic carbocycles. The van der Waals surface area contributed by atoms with Crippen LogP contribution in [0.4, 0.5) is 0 Å². The topological polar surface area (TPSA) is 71.8 Å². The Balaban J connectivity index is 2.76. The fraction of sp³-hybridized carbons (Fsp3) is 0.222. The van der Waals surface area contributed by atoms with E-state index in [2.05, 4.69) is 17.2 Å². The van der Waals surface area contributed by atoms with E-state index in [-0.39, 0.29) is 0 Å². The van der Waals surface area contributed by atoms with Crippen LogP contribution in [0, 0.1) is 18.3 Å². The molecule has 4 nitrogen and oxygen atoms in total. The molecular formula is C18H19N3O. The lowest BCUT2D eigenvalue weighted by molar-refractivity contribution is 0.1000. The fourth-order valence-corrected chi connectivity index (χ4v) is 2.87. The predicted octanol–water partition coefficient (Wildman–Crippen LogP) is 3.18. The lowest BCUT2D eigenvalue weighted by Crippen LogP contribution is -2.13. The lowest BCUT2D eigenvalue weighted by atomic mass is 9.98. The van der Waals surface area contributed by atoms with Crippen LogP contribution < -0.4 is 5.73 Å². The van der Waals surface area contributed by atoms with Gasteiger partial charge in [-0.25, -0.2) is 0 Å². The van der Waals surface area contributed by atoms with Gasteiger partial charge in [-0.3, -0.25) is 4.79 Å². The van der Waals surface area contributed by atoms with Crippen LogP contribution >= 0.6 is 0 Å². The Morgan fingerprint density at radius 3 is 2.50 bits per heavy atom. The maximum Gasteiger partial charge on any atom is 0.251 e. The van der Waals surface area contributed by atoms with Crippen LogP contribution in [0.2, 0.25) is 0 Å². The summed E-state index contributed by atoms with van der Waals surface area (Å²) in [7, 11) is 0. The largest absolute Gasteiger partial charge is 0.366 e. The van der Waals surface area contributed by atoms with Crippen molar-refractivity contribution in [2.24, 2.45) is 5.73 Å². The molecule has 0 aliphatic heterocycles. The monoisotopic (exact) mass is 293 g/mol. The van der Waals surface area contributed by atoms with Gasteiger partial charge in [0, 0.05) is 23.5 Å². The van der Waals surface area contributed by atoms with Crippen molar-refractivity contribution in [3.63, 3.8) is 0 Å². The summed E-state index contributed by atoms with van der Waals surface area (Å²) in [6.07, 6.45) is 2.58. The van der Waals surface area contributed by atoms with Gasteiger partial charge in [-0.2, -0.15) is 5.26 Å². The van der Waals surface area contributed by atoms with Crippen LogP contribution in [-0.2, 0) is 13.0 Å². The first kappa shape index (κ1) is 15.6. The highest BCUT2D eigenvalue weighted by Crippen LogP contribution is 2.33. The first-order valence-corrected chi connectivity index (χ1v) is 7.18. The number of allylic oxidation sites excluding steroid dienone is 1. The van der Waals surface area contributed by atoms with E-state index < -0.39 is 5.91 Å². The predicted molar refractivity (Wildman–Crippen MR) is 87.4 cm³/mol. The van der Waals surface area contributed by atoms with Crippen molar-refractivity contribution in [3.8, 4) is 17.2 Å². The summed E-state index contributed by atoms with van der Waals surface area (Å²) in [4.78, 5) is 12.0. The summed E-state index contributed by atoms with van der Waals surface area (Å²) in [6, 6.07) is 9.31. The number of primary amides is 1. The van der Waals surface area contributed by atoms with Gasteiger partial charge in [-0.1, -0.05) is 25.1 Å². The molecule has 0 aliphatic rings. The third-order valence-electron chi connectivity index (χ3n) is 3.83. The van der Waals surface area contributed by atoms with Gasteiger partial charge in [0.2, 0.25) is 0 Å². The molecule has 22 heavy (non-hydrogen) atoms. The van der Waals surface area contributed by atoms with Gasteiger partial charge < -0.3 is 10.3 Å². The minimum absolute atomic E-state index is 0.436. The summed E-state index contributed by atoms with van der Waals surface area (Å²) < 4.78 is 2.07. The SMILES string of the molecule is C=CCn1c(C)c(C(N)=O)c(-c2ccc(C#N)cc2)c1CC. The fourth-order valence-electron chi connectivity index (χ4n) is 2.87. The molecule has 0 atom stereocenters. The average molecular weight is 293 g/mol. The highest BCUT2D eigenvalue weighted by atomic mass is 16.1. The summed E-state index contributed by atoms with van der Waals surface area (Å²) in [5.41, 5.74) is 10.4. The lowest BCUT2D eigenvalue weighted by Gasteiger charge is -2.09. The molecule has 112 valence electrons. The van der Waals surface area contributed by atoms with Crippen LogP contribution in [-0.4, -0.2) is 10.5 Å². The maximum atomic E-state index is 12.0. The average Bonchev–Trinajstić information content (AvgIpc) is 2.80. The van der Waals surface area contributed by atoms with Gasteiger partial charge in [-0.15, -0.1) is 6.58 Å². The van der Waals surface area contributed by atoms with Gasteiger partial charge in [0.25, 0.3) is 5.91 Å². The number of aromatic nitrogens is 1. The molecule has 1 aromatic carbocycles. The van der Waals surface area contributed by atoms with Gasteiger partial charge in [-0.05, 0) is 31.0 Å². The molecule has 1 heterocycles. The Bertz CT molecular complexity index is 761. The molecule has 0 bridgehead atoms. The molecule has 2 aromatic rings. The summed E-state index contributed by atoms with van der Waals surface area (Å²) >= 11 is 0. The number of rotatable bonds is 5. The minimum atomic E-state index is -0.436. The Morgan fingerprint density at radius 1 is 1.41 bits per heavy atom. The minimum Gasteiger partial charge on any atom is -0.366 e. The van der Waals surface area contributed by atoms with E-state index in [0.29, 0.717) is 17.7 Å². The molecule has 1 amide bonds. The van der Waals surface area contributed by atoms with Gasteiger partial charge in [0.05, 0.1) is 17.2 Å². The standard InChI is InChI=1S/C18H19N3O/c1-4-10-21-12(3)16(18(20)22)17(15(21)5-2)14-8-6-13(11-19)7-9-14/h4,6-9H,1,5,10H2,2-3H3,(H2,20,22). The van der Waals surface area contributed by atoms with Crippen molar-refractivity contribution in [1.29, 1.82) is 5.26 Å². The summed E-state index contributed by atoms with van der Waals surface area (Å²) in [6.45, 7) is 8.36. The van der Waals surface area contributed by atoms with Crippen LogP contribution in [0.3, 0.4) is 0 Å². The Morgan fingerprint density at radius 2 is 2.05 bits per heavy atom. The molecule has 4 heteroatoms. The normalized spacial score (nSPS) is 10.2. The zero-order valence-electron chi connectivity index (χ0n) is 12.9. The number of nitrogens with zero attached hydrogens (tertiary/aromatic N) is 2. The second-order valence-electron chi connectivity index (χ2n) is 5.09. The Hall–Kier alpha value is -2.80. The van der Waals surface area contributed by atoms with E-state index >= 15 is 0 Å². The van der Waals surface area contributed by atoms with Crippen LogP contribution in [0.5, 0.6) is 0 Å². The van der Waals surface area contributed by atoms with Gasteiger partial charge >= 0.3 is 0 Å². The molecular weight excluding hydrogens is 274 g/mol. The van der Waals surface area contributed by atoms with E-state index in [1.807, 2.05) is 26.0 Å². The Labute approximate surface area is 130 Å². The molecule has 0 saturated carbocycles. The first-order valence-electron chi connectivity index (χ1n) is 7.18. The number of hydrogen-bond donors (Lipinski definition) is 1. The third kappa shape index (κ3) is 2.53. The molecule has 0 fully saturated rings. The molecule has 0 saturated heterocycles. The van der Waals surface area contributed by atoms with Crippen molar-refractivity contribution >= 4 is 5.91 Å². The zero-order valence-corrected chi connectivity index (χ0v) is 12.9. The number of nitrogens with two attached hydrogens (primary N) is 1. The quantitative estimate of drug-likeness (QED) is 0.860. The van der Waals surface area contributed by atoms with Crippen LogP contribution in [0.15, 0.2) is 36.9 Å². The number of carbonyl (C=O) groups is 1. The Kier molecular flexibility index (Phi) is 4.47. The highest BCUT2D eigenvalue weighted by molar-refractivity contribution is 6.02. The summed E-state index contributed by atoms with van der Waals surface area (Å²) in [5, 5.41) is 8.92. The number of hydrogen-bond acceptors (Lipinski definition) is 2. The number of carbonyl (C=O) groups excluding carboxylic acids is 1. The van der Waals surface area contributed by atoms with Crippen molar-refractivity contribution < 1.29 is 4.79 Å². The van der Waals surface area contributed by atoms with E-state index in [0.717, 1.165) is 28.9 Å². The highest BCUT2D eigenvalue weighted by Gasteiger charge is 2.23. The smallest absolute Gasteiger partial charge is 0.251 e. The second kappa shape index (κ2) is 6.31. The molecule has 2 rings (SSSR count). The second-order valence-corrected chi connectivity index (χ2v) is 5.09. The van der Waals surface area contributed by atoms with Crippen molar-refractivity contribution in [3.05, 3.63) is 59.4 Å². The number of nitriles is 1. The first-order chi connectivity index (χ1) is 10.5. The van der Waals surface area contributed by atoms with Crippen molar-refractivity contribution in [2.75, 3.05) is 0 Å². The van der Waals surface area contributed by atoms with Gasteiger partial charge in [0.1, 0.15) is 0 Å². The van der Waals surface area contributed by atoms with E-state index in [1.54, 1.807) is 18.2 Å². The molecule has 0 unspecified atom stereocenters. The van der Waals surface area contributed by atoms with Crippen molar-refractivity contribution in [2.45, 2.75) is 26.8 Å². The maximum absolute atomic E-state index is 12.0. The van der Waals surface area contributed by atoms with E-state index in [4.69, 9.17) is 11.0 Å². The van der Waals surface area contributed by atoms with Crippen molar-refractivity contribution in [1.82, 2.24) is 4.57 Å². The third-order valence-corrected chi connectivity index (χ3v) is 3.83. The molecule has 0 spiro atoms. The van der Waals surface area contributed by atoms with E-state index in [9.17, 15) is 4.79 Å². The van der Waals surface area contributed by atoms with Crippen LogP contribution in [0.1, 0.15) is 34.2 Å². The molecule has 2 N–H and O–H groups in total. The van der Waals surface area contributed by atoms with E-state index in [1.165, 1.54) is 0 Å². The summed E-state index contributed by atoms with van der Waals surface area (Å²) in [5.74, 6) is -0.436. The number of amides is 1. The molecule has 0 radical (unpaired) electrons. The number of benzene rings is 1. The zero-order chi connectivity index (χ0) is 16.3. The van der Waals surface area contributed by atoms with Crippen LogP contribution in [0.25, 0.3) is 11.1 Å².